The van der Waals surface area contributed by atoms with Crippen LogP contribution in [0, 0.1) is 12.8 Å². The van der Waals surface area contributed by atoms with Crippen LogP contribution in [0.4, 0.5) is 0 Å². The fraction of sp³-hybridized carbons (Fsp3) is 0.533. The highest BCUT2D eigenvalue weighted by Crippen LogP contribution is 2.43. The van der Waals surface area contributed by atoms with E-state index in [1.807, 2.05) is 0 Å². The van der Waals surface area contributed by atoms with Crippen LogP contribution in [0.15, 0.2) is 73.0 Å². The Kier molecular flexibility index (Phi) is 7.38. The predicted molar refractivity (Wildman–Crippen MR) is 142 cm³/mol. The number of rotatable bonds is 8. The lowest BCUT2D eigenvalue weighted by molar-refractivity contribution is 0.149. The number of nitrogens with one attached hydrogen (secondary N) is 1. The monoisotopic (exact) mass is 458 g/mol. The summed E-state index contributed by atoms with van der Waals surface area (Å²) in [7, 11) is 0. The summed E-state index contributed by atoms with van der Waals surface area (Å²) in [6, 6.07) is 10.8. The number of fused-ring (bicyclic) bond motifs is 2. The largest absolute Gasteiger partial charge is 0.323 e. The molecule has 0 aromatic heterocycles. The molecule has 182 valence electrons. The lowest BCUT2D eigenvalue weighted by Gasteiger charge is -2.38. The SMILES string of the molecule is C=CCN1CCC2CCC(C1)N2C(C1=CCC(C(=C)NN2CCCC2)C=C1)c1cccc(C)c1. The molecule has 2 bridgehead atoms. The van der Waals surface area contributed by atoms with Crippen molar-refractivity contribution in [2.24, 2.45) is 5.92 Å². The first-order valence-corrected chi connectivity index (χ1v) is 13.4. The van der Waals surface area contributed by atoms with Crippen LogP contribution in [0.5, 0.6) is 0 Å². The number of aryl methyl sites for hydroxylation is 1. The van der Waals surface area contributed by atoms with Gasteiger partial charge in [-0.25, -0.2) is 5.01 Å². The lowest BCUT2D eigenvalue weighted by Crippen LogP contribution is -2.42. The first-order valence-electron chi connectivity index (χ1n) is 13.4. The molecule has 4 heteroatoms. The van der Waals surface area contributed by atoms with Crippen LogP contribution >= 0.6 is 0 Å². The molecule has 0 radical (unpaired) electrons. The van der Waals surface area contributed by atoms with Crippen LogP contribution in [0.2, 0.25) is 0 Å². The van der Waals surface area contributed by atoms with Gasteiger partial charge in [-0.05, 0) is 56.6 Å². The molecule has 1 aliphatic carbocycles. The Morgan fingerprint density at radius 3 is 2.71 bits per heavy atom. The molecule has 0 spiro atoms. The summed E-state index contributed by atoms with van der Waals surface area (Å²) in [6.07, 6.45) is 16.8. The van der Waals surface area contributed by atoms with Gasteiger partial charge in [-0.3, -0.25) is 9.80 Å². The summed E-state index contributed by atoms with van der Waals surface area (Å²) in [5.41, 5.74) is 8.96. The highest BCUT2D eigenvalue weighted by molar-refractivity contribution is 5.40. The van der Waals surface area contributed by atoms with Crippen LogP contribution < -0.4 is 5.43 Å². The van der Waals surface area contributed by atoms with Gasteiger partial charge in [0.2, 0.25) is 0 Å². The zero-order chi connectivity index (χ0) is 23.5. The van der Waals surface area contributed by atoms with Crippen molar-refractivity contribution in [1.82, 2.24) is 20.2 Å². The van der Waals surface area contributed by atoms with Crippen LogP contribution in [0.3, 0.4) is 0 Å². The van der Waals surface area contributed by atoms with Gasteiger partial charge in [-0.1, -0.05) is 60.7 Å². The van der Waals surface area contributed by atoms with E-state index in [0.717, 1.165) is 38.3 Å². The predicted octanol–water partition coefficient (Wildman–Crippen LogP) is 5.38. The molecule has 34 heavy (non-hydrogen) atoms. The van der Waals surface area contributed by atoms with E-state index >= 15 is 0 Å². The van der Waals surface area contributed by atoms with E-state index in [2.05, 4.69) is 88.9 Å². The number of hydrogen-bond acceptors (Lipinski definition) is 4. The quantitative estimate of drug-likeness (QED) is 0.528. The third-order valence-corrected chi connectivity index (χ3v) is 8.27. The van der Waals surface area contributed by atoms with E-state index in [9.17, 15) is 0 Å². The topological polar surface area (TPSA) is 21.8 Å². The average molecular weight is 459 g/mol. The Morgan fingerprint density at radius 2 is 1.97 bits per heavy atom. The minimum Gasteiger partial charge on any atom is -0.323 e. The van der Waals surface area contributed by atoms with E-state index < -0.39 is 0 Å². The fourth-order valence-electron chi connectivity index (χ4n) is 6.54. The number of nitrogens with zero attached hydrogens (tertiary/aromatic N) is 3. The lowest BCUT2D eigenvalue weighted by atomic mass is 9.87. The van der Waals surface area contributed by atoms with E-state index in [1.165, 1.54) is 55.3 Å². The number of likely N-dealkylation sites (tertiary alicyclic amines) is 1. The molecule has 4 unspecified atom stereocenters. The van der Waals surface area contributed by atoms with Gasteiger partial charge in [0.15, 0.2) is 0 Å². The normalized spacial score (nSPS) is 29.0. The molecule has 5 rings (SSSR count). The van der Waals surface area contributed by atoms with Gasteiger partial charge < -0.3 is 5.43 Å². The maximum absolute atomic E-state index is 4.39. The summed E-state index contributed by atoms with van der Waals surface area (Å²) >= 11 is 0. The van der Waals surface area contributed by atoms with E-state index in [0.29, 0.717) is 24.0 Å². The minimum atomic E-state index is 0.332. The van der Waals surface area contributed by atoms with Crippen molar-refractivity contribution in [2.75, 3.05) is 32.7 Å². The molecule has 3 heterocycles. The summed E-state index contributed by atoms with van der Waals surface area (Å²) in [5.74, 6) is 0.367. The number of hydrazine groups is 1. The second-order valence-electron chi connectivity index (χ2n) is 10.7. The zero-order valence-corrected chi connectivity index (χ0v) is 21.0. The van der Waals surface area contributed by atoms with Crippen LogP contribution in [-0.4, -0.2) is 59.6 Å². The molecule has 1 aromatic carbocycles. The molecule has 0 amide bonds. The number of benzene rings is 1. The van der Waals surface area contributed by atoms with E-state index in [-0.39, 0.29) is 0 Å². The minimum absolute atomic E-state index is 0.332. The Bertz CT molecular complexity index is 941. The summed E-state index contributed by atoms with van der Waals surface area (Å²) in [5, 5.41) is 2.33. The van der Waals surface area contributed by atoms with Gasteiger partial charge in [0.1, 0.15) is 0 Å². The van der Waals surface area contributed by atoms with Gasteiger partial charge in [0, 0.05) is 56.4 Å². The summed E-state index contributed by atoms with van der Waals surface area (Å²) in [4.78, 5) is 5.48. The van der Waals surface area contributed by atoms with E-state index in [4.69, 9.17) is 0 Å². The molecule has 4 nitrogen and oxygen atoms in total. The third-order valence-electron chi connectivity index (χ3n) is 8.27. The molecule has 4 aliphatic rings. The van der Waals surface area contributed by atoms with Crippen molar-refractivity contribution in [3.05, 3.63) is 84.1 Å². The highest BCUT2D eigenvalue weighted by Gasteiger charge is 2.42. The van der Waals surface area contributed by atoms with Crippen molar-refractivity contribution in [1.29, 1.82) is 0 Å². The number of allylic oxidation sites excluding steroid dienone is 2. The summed E-state index contributed by atoms with van der Waals surface area (Å²) < 4.78 is 0. The first-order chi connectivity index (χ1) is 16.6. The third kappa shape index (κ3) is 5.10. The standard InChI is InChI=1S/C30H42N4/c1-4-17-32-20-16-28-14-15-29(22-32)34(28)30(27-9-7-8-23(2)21-27)26-12-10-25(11-13-26)24(3)31-33-18-5-6-19-33/h4,7-10,12-13,21,25,28-31H,1,3,5-6,11,14-20,22H2,2H3. The van der Waals surface area contributed by atoms with Gasteiger partial charge >= 0.3 is 0 Å². The Morgan fingerprint density at radius 1 is 1.15 bits per heavy atom. The molecule has 4 atom stereocenters. The van der Waals surface area contributed by atoms with Gasteiger partial charge in [-0.15, -0.1) is 6.58 Å². The maximum Gasteiger partial charge on any atom is 0.0604 e. The molecule has 1 N–H and O–H groups in total. The van der Waals surface area contributed by atoms with Gasteiger partial charge in [0.05, 0.1) is 6.04 Å². The second-order valence-corrected chi connectivity index (χ2v) is 10.7. The van der Waals surface area contributed by atoms with Crippen LogP contribution in [-0.2, 0) is 0 Å². The highest BCUT2D eigenvalue weighted by atomic mass is 15.5. The molecular formula is C30H42N4. The van der Waals surface area contributed by atoms with Crippen molar-refractivity contribution < 1.29 is 0 Å². The number of hydrogen-bond donors (Lipinski definition) is 1. The molecule has 0 saturated carbocycles. The molecule has 3 aliphatic heterocycles. The van der Waals surface area contributed by atoms with Crippen molar-refractivity contribution in [2.45, 2.75) is 63.6 Å². The molecule has 3 saturated heterocycles. The van der Waals surface area contributed by atoms with Crippen molar-refractivity contribution in [3.8, 4) is 0 Å². The smallest absolute Gasteiger partial charge is 0.0604 e. The zero-order valence-electron chi connectivity index (χ0n) is 21.0. The Balaban J connectivity index is 1.38. The van der Waals surface area contributed by atoms with E-state index in [1.54, 1.807) is 0 Å². The fourth-order valence-corrected chi connectivity index (χ4v) is 6.54. The van der Waals surface area contributed by atoms with Crippen LogP contribution in [0.1, 0.15) is 55.7 Å². The van der Waals surface area contributed by atoms with Gasteiger partial charge in [0.25, 0.3) is 0 Å². The summed E-state index contributed by atoms with van der Waals surface area (Å²) in [6.45, 7) is 16.2. The first kappa shape index (κ1) is 23.6. The molecule has 3 fully saturated rings. The molecule has 1 aromatic rings. The maximum atomic E-state index is 4.39. The Hall–Kier alpha value is -2.14. The Labute approximate surface area is 206 Å². The van der Waals surface area contributed by atoms with Crippen molar-refractivity contribution >= 4 is 0 Å². The second kappa shape index (κ2) is 10.6. The van der Waals surface area contributed by atoms with Gasteiger partial charge in [-0.2, -0.15) is 0 Å². The van der Waals surface area contributed by atoms with Crippen molar-refractivity contribution in [3.63, 3.8) is 0 Å². The van der Waals surface area contributed by atoms with Crippen LogP contribution in [0.25, 0.3) is 0 Å². The average Bonchev–Trinajstić information content (AvgIpc) is 3.44. The molecular weight excluding hydrogens is 416 g/mol.